The van der Waals surface area contributed by atoms with Crippen molar-refractivity contribution in [1.29, 1.82) is 0 Å². The molecule has 9 nitrogen and oxygen atoms in total. The molecule has 1 aromatic heterocycles. The van der Waals surface area contributed by atoms with Crippen molar-refractivity contribution in [2.24, 2.45) is 10.8 Å². The number of aryl methyl sites for hydroxylation is 1. The summed E-state index contributed by atoms with van der Waals surface area (Å²) in [5, 5.41) is 5.05. The number of primary amides is 1. The lowest BCUT2D eigenvalue weighted by Crippen LogP contribution is -2.21. The number of ether oxygens (including phenoxy) is 3. The van der Waals surface area contributed by atoms with Gasteiger partial charge in [-0.05, 0) is 88.5 Å². The largest absolute Gasteiger partial charge is 0.496 e. The molecule has 3 aromatic carbocycles. The van der Waals surface area contributed by atoms with E-state index in [0.717, 1.165) is 22.4 Å². The lowest BCUT2D eigenvalue weighted by atomic mass is 9.96. The number of fused-ring (bicyclic) bond motifs is 1. The zero-order valence-corrected chi connectivity index (χ0v) is 24.5. The van der Waals surface area contributed by atoms with Gasteiger partial charge < -0.3 is 19.9 Å². The van der Waals surface area contributed by atoms with Crippen LogP contribution in [0.5, 0.6) is 17.2 Å². The van der Waals surface area contributed by atoms with E-state index in [1.165, 1.54) is 11.8 Å². The number of halogens is 1. The van der Waals surface area contributed by atoms with Crippen LogP contribution in [0.2, 0.25) is 0 Å². The van der Waals surface area contributed by atoms with Gasteiger partial charge in [0.2, 0.25) is 0 Å². The number of nitrogens with two attached hydrogens (primary N) is 1. The zero-order valence-electron chi connectivity index (χ0n) is 22.3. The number of para-hydroxylation sites is 1. The Kier molecular flexibility index (Phi) is 8.54. The molecule has 0 unspecified atom stereocenters. The van der Waals surface area contributed by atoms with Crippen LogP contribution in [0.4, 0.5) is 0 Å². The molecule has 2 N–H and O–H groups in total. The number of methoxy groups -OCH3 is 2. The van der Waals surface area contributed by atoms with Gasteiger partial charge in [0.25, 0.3) is 11.5 Å². The highest BCUT2D eigenvalue weighted by Crippen LogP contribution is 2.35. The van der Waals surface area contributed by atoms with Crippen LogP contribution in [-0.4, -0.2) is 42.6 Å². The number of nitrogens with zero attached hydrogens (tertiary/aromatic N) is 3. The minimum atomic E-state index is -0.594. The Labute approximate surface area is 239 Å². The molecular formula is C29H29IN4O5. The van der Waals surface area contributed by atoms with Crippen molar-refractivity contribution in [3.05, 3.63) is 79.1 Å². The number of amides is 1. The summed E-state index contributed by atoms with van der Waals surface area (Å²) in [7, 11) is 3.15. The van der Waals surface area contributed by atoms with Gasteiger partial charge >= 0.3 is 0 Å². The Balaban J connectivity index is 1.90. The van der Waals surface area contributed by atoms with E-state index in [1.54, 1.807) is 37.6 Å². The van der Waals surface area contributed by atoms with Gasteiger partial charge in [-0.2, -0.15) is 9.78 Å². The molecule has 4 rings (SSSR count). The lowest BCUT2D eigenvalue weighted by molar-refractivity contribution is -0.119. The van der Waals surface area contributed by atoms with Crippen LogP contribution in [0.25, 0.3) is 22.3 Å². The van der Waals surface area contributed by atoms with E-state index in [-0.39, 0.29) is 18.1 Å². The molecule has 0 fully saturated rings. The van der Waals surface area contributed by atoms with Gasteiger partial charge in [-0.15, -0.1) is 0 Å². The molecular weight excluding hydrogens is 611 g/mol. The normalized spacial score (nSPS) is 11.4. The van der Waals surface area contributed by atoms with Crippen LogP contribution < -0.4 is 25.5 Å². The first-order valence-corrected chi connectivity index (χ1v) is 13.3. The summed E-state index contributed by atoms with van der Waals surface area (Å²) >= 11 is 2.08. The third-order valence-corrected chi connectivity index (χ3v) is 6.93. The van der Waals surface area contributed by atoms with Crippen LogP contribution in [0, 0.1) is 10.5 Å². The number of carbonyl (C=O) groups is 1. The summed E-state index contributed by atoms with van der Waals surface area (Å²) in [5.41, 5.74) is 8.84. The molecule has 0 atom stereocenters. The summed E-state index contributed by atoms with van der Waals surface area (Å²) < 4.78 is 18.6. The second-order valence-corrected chi connectivity index (χ2v) is 10.3. The molecule has 202 valence electrons. The second-order valence-electron chi connectivity index (χ2n) is 9.17. The van der Waals surface area contributed by atoms with Crippen molar-refractivity contribution in [2.45, 2.75) is 26.7 Å². The van der Waals surface area contributed by atoms with Crippen molar-refractivity contribution in [2.75, 3.05) is 20.8 Å². The van der Waals surface area contributed by atoms with Gasteiger partial charge in [-0.1, -0.05) is 26.0 Å². The Hall–Kier alpha value is -3.93. The maximum atomic E-state index is 13.7. The van der Waals surface area contributed by atoms with Crippen LogP contribution in [0.1, 0.15) is 36.5 Å². The van der Waals surface area contributed by atoms with Gasteiger partial charge in [0.1, 0.15) is 5.75 Å². The summed E-state index contributed by atoms with van der Waals surface area (Å²) in [6.07, 6.45) is 1.56. The number of rotatable bonds is 9. The van der Waals surface area contributed by atoms with Crippen molar-refractivity contribution in [1.82, 2.24) is 9.66 Å². The highest BCUT2D eigenvalue weighted by molar-refractivity contribution is 14.1. The Bertz CT molecular complexity index is 1650. The van der Waals surface area contributed by atoms with Crippen molar-refractivity contribution in [3.63, 3.8) is 0 Å². The molecule has 0 radical (unpaired) electrons. The lowest BCUT2D eigenvalue weighted by Gasteiger charge is -2.17. The molecule has 0 spiro atoms. The van der Waals surface area contributed by atoms with Gasteiger partial charge in [0.15, 0.2) is 23.9 Å². The predicted octanol–water partition coefficient (Wildman–Crippen LogP) is 4.86. The molecule has 0 aliphatic heterocycles. The topological polar surface area (TPSA) is 118 Å². The Morgan fingerprint density at radius 2 is 1.85 bits per heavy atom. The van der Waals surface area contributed by atoms with Crippen LogP contribution in [-0.2, 0) is 4.79 Å². The first kappa shape index (κ1) is 28.1. The first-order chi connectivity index (χ1) is 18.6. The number of hydrogen-bond acceptors (Lipinski definition) is 7. The number of hydrogen-bond donors (Lipinski definition) is 1. The summed E-state index contributed by atoms with van der Waals surface area (Å²) in [6, 6.07) is 14.7. The van der Waals surface area contributed by atoms with E-state index in [2.05, 4.69) is 41.5 Å². The van der Waals surface area contributed by atoms with Gasteiger partial charge in [0, 0.05) is 5.56 Å². The van der Waals surface area contributed by atoms with E-state index in [1.807, 2.05) is 31.2 Å². The van der Waals surface area contributed by atoms with E-state index in [4.69, 9.17) is 24.9 Å². The van der Waals surface area contributed by atoms with E-state index in [0.29, 0.717) is 37.4 Å². The molecule has 0 bridgehead atoms. The number of benzene rings is 3. The molecule has 10 heteroatoms. The fourth-order valence-corrected chi connectivity index (χ4v) is 4.98. The fourth-order valence-electron chi connectivity index (χ4n) is 4.19. The molecule has 0 saturated heterocycles. The van der Waals surface area contributed by atoms with Crippen LogP contribution in [0.3, 0.4) is 0 Å². The molecule has 1 amide bonds. The van der Waals surface area contributed by atoms with Crippen LogP contribution in [0.15, 0.2) is 58.4 Å². The molecule has 4 aromatic rings. The Morgan fingerprint density at radius 1 is 1.13 bits per heavy atom. The Morgan fingerprint density at radius 3 is 2.51 bits per heavy atom. The molecule has 0 aliphatic rings. The molecule has 0 saturated carbocycles. The number of carbonyl (C=O) groups excluding carboxylic acids is 1. The second kappa shape index (κ2) is 11.9. The minimum Gasteiger partial charge on any atom is -0.496 e. The third kappa shape index (κ3) is 5.90. The average Bonchev–Trinajstić information content (AvgIpc) is 2.91. The quantitative estimate of drug-likeness (QED) is 0.206. The van der Waals surface area contributed by atoms with Gasteiger partial charge in [0.05, 0.1) is 34.9 Å². The van der Waals surface area contributed by atoms with E-state index in [9.17, 15) is 9.59 Å². The summed E-state index contributed by atoms with van der Waals surface area (Å²) in [4.78, 5) is 29.7. The maximum absolute atomic E-state index is 13.7. The molecule has 0 aliphatic carbocycles. The minimum absolute atomic E-state index is 0.188. The zero-order chi connectivity index (χ0) is 28.3. The van der Waals surface area contributed by atoms with Crippen molar-refractivity contribution in [3.8, 4) is 28.6 Å². The van der Waals surface area contributed by atoms with Crippen molar-refractivity contribution < 1.29 is 19.0 Å². The highest BCUT2D eigenvalue weighted by Gasteiger charge is 2.19. The standard InChI is InChI=1S/C29H29IN4O5/c1-16(2)20-13-21(17(3)10-24(20)37-4)28-33-23-9-7-6-8-19(23)29(36)34(28)32-14-18-11-22(30)27(25(12-18)38-5)39-15-26(31)35/h6-14,16H,15H2,1-5H3,(H2,31,35). The monoisotopic (exact) mass is 640 g/mol. The van der Waals surface area contributed by atoms with E-state index >= 15 is 0 Å². The van der Waals surface area contributed by atoms with Gasteiger partial charge in [-0.25, -0.2) is 4.98 Å². The average molecular weight is 640 g/mol. The van der Waals surface area contributed by atoms with E-state index < -0.39 is 5.91 Å². The highest BCUT2D eigenvalue weighted by atomic mass is 127. The number of aromatic nitrogens is 2. The summed E-state index contributed by atoms with van der Waals surface area (Å²) in [6.45, 7) is 5.85. The first-order valence-electron chi connectivity index (χ1n) is 12.2. The third-order valence-electron chi connectivity index (χ3n) is 6.13. The SMILES string of the molecule is COc1cc(C)c(-c2nc3ccccc3c(=O)n2N=Cc2cc(I)c(OCC(N)=O)c(OC)c2)cc1C(C)C. The fraction of sp³-hybridized carbons (Fsp3) is 0.241. The molecule has 1 heterocycles. The van der Waals surface area contributed by atoms with Gasteiger partial charge in [-0.3, -0.25) is 9.59 Å². The summed E-state index contributed by atoms with van der Waals surface area (Å²) in [5.74, 6) is 1.59. The maximum Gasteiger partial charge on any atom is 0.282 e. The smallest absolute Gasteiger partial charge is 0.282 e. The molecule has 39 heavy (non-hydrogen) atoms. The predicted molar refractivity (Wildman–Crippen MR) is 160 cm³/mol. The van der Waals surface area contributed by atoms with Crippen molar-refractivity contribution >= 4 is 45.6 Å². The van der Waals surface area contributed by atoms with Crippen LogP contribution >= 0.6 is 22.6 Å².